The third-order valence-electron chi connectivity index (χ3n) is 2.37. The van der Waals surface area contributed by atoms with Crippen LogP contribution in [0.1, 0.15) is 31.2 Å². The fourth-order valence-electron chi connectivity index (χ4n) is 1.37. The maximum atomic E-state index is 11.4. The predicted octanol–water partition coefficient (Wildman–Crippen LogP) is 0.538. The van der Waals surface area contributed by atoms with Crippen molar-refractivity contribution >= 4 is 5.91 Å². The molecule has 5 heteroatoms. The van der Waals surface area contributed by atoms with Gasteiger partial charge in [-0.1, -0.05) is 6.92 Å². The van der Waals surface area contributed by atoms with Gasteiger partial charge in [0.1, 0.15) is 0 Å². The summed E-state index contributed by atoms with van der Waals surface area (Å²) in [5, 5.41) is 18.8. The quantitative estimate of drug-likeness (QED) is 0.661. The lowest BCUT2D eigenvalue weighted by Gasteiger charge is -2.08. The van der Waals surface area contributed by atoms with Gasteiger partial charge in [0.05, 0.1) is 18.2 Å². The van der Waals surface area contributed by atoms with Crippen LogP contribution in [-0.2, 0) is 11.2 Å². The second-order valence-electron chi connectivity index (χ2n) is 3.92. The summed E-state index contributed by atoms with van der Waals surface area (Å²) in [6.45, 7) is 4.32. The van der Waals surface area contributed by atoms with Crippen LogP contribution in [0.2, 0.25) is 0 Å². The molecule has 0 bridgehead atoms. The molecule has 0 aliphatic rings. The van der Waals surface area contributed by atoms with Crippen molar-refractivity contribution in [2.75, 3.05) is 6.54 Å². The van der Waals surface area contributed by atoms with Gasteiger partial charge in [0, 0.05) is 12.2 Å². The number of H-pyrrole nitrogens is 1. The molecule has 1 rings (SSSR count). The second-order valence-corrected chi connectivity index (χ2v) is 3.92. The Labute approximate surface area is 95.3 Å². The highest BCUT2D eigenvalue weighted by molar-refractivity contribution is 5.78. The summed E-state index contributed by atoms with van der Waals surface area (Å²) in [6.07, 6.45) is 1.27. The highest BCUT2D eigenvalue weighted by atomic mass is 16.3. The monoisotopic (exact) mass is 225 g/mol. The van der Waals surface area contributed by atoms with E-state index < -0.39 is 0 Å². The van der Waals surface area contributed by atoms with Crippen molar-refractivity contribution < 1.29 is 9.90 Å². The van der Waals surface area contributed by atoms with Crippen LogP contribution in [-0.4, -0.2) is 33.9 Å². The summed E-state index contributed by atoms with van der Waals surface area (Å²) in [5.74, 6) is -0.0604. The topological polar surface area (TPSA) is 78.0 Å². The van der Waals surface area contributed by atoms with Crippen LogP contribution in [0.25, 0.3) is 0 Å². The summed E-state index contributed by atoms with van der Waals surface area (Å²) < 4.78 is 0. The minimum atomic E-state index is -0.326. The van der Waals surface area contributed by atoms with Gasteiger partial charge in [0.2, 0.25) is 5.91 Å². The smallest absolute Gasteiger partial charge is 0.226 e. The molecule has 3 N–H and O–H groups in total. The van der Waals surface area contributed by atoms with E-state index in [0.29, 0.717) is 19.4 Å². The largest absolute Gasteiger partial charge is 0.393 e. The highest BCUT2D eigenvalue weighted by Gasteiger charge is 2.06. The molecule has 1 amide bonds. The van der Waals surface area contributed by atoms with Crippen LogP contribution < -0.4 is 5.32 Å². The van der Waals surface area contributed by atoms with Gasteiger partial charge in [-0.25, -0.2) is 0 Å². The minimum absolute atomic E-state index is 0.0604. The molecule has 1 atom stereocenters. The Morgan fingerprint density at radius 2 is 2.44 bits per heavy atom. The number of aliphatic hydroxyl groups excluding tert-OH is 1. The van der Waals surface area contributed by atoms with E-state index in [9.17, 15) is 9.90 Å². The van der Waals surface area contributed by atoms with E-state index in [-0.39, 0.29) is 18.4 Å². The molecule has 0 saturated carbocycles. The molecule has 1 aromatic heterocycles. The molecular formula is C11H19N3O2. The normalized spacial score (nSPS) is 12.4. The maximum absolute atomic E-state index is 11.4. The minimum Gasteiger partial charge on any atom is -0.393 e. The number of nitrogens with one attached hydrogen (secondary N) is 2. The van der Waals surface area contributed by atoms with Crippen molar-refractivity contribution in [3.05, 3.63) is 17.5 Å². The molecule has 1 aromatic rings. The summed E-state index contributed by atoms with van der Waals surface area (Å²) in [6, 6.07) is 1.85. The molecule has 0 aromatic carbocycles. The second kappa shape index (κ2) is 6.27. The highest BCUT2D eigenvalue weighted by Crippen LogP contribution is 1.99. The summed E-state index contributed by atoms with van der Waals surface area (Å²) >= 11 is 0. The Morgan fingerprint density at radius 3 is 3.00 bits per heavy atom. The van der Waals surface area contributed by atoms with Crippen LogP contribution in [0.3, 0.4) is 0 Å². The van der Waals surface area contributed by atoms with E-state index in [1.54, 1.807) is 0 Å². The van der Waals surface area contributed by atoms with Crippen LogP contribution in [0, 0.1) is 6.92 Å². The first-order valence-electron chi connectivity index (χ1n) is 5.57. The van der Waals surface area contributed by atoms with E-state index in [0.717, 1.165) is 11.4 Å². The summed E-state index contributed by atoms with van der Waals surface area (Å²) in [5.41, 5.74) is 1.69. The van der Waals surface area contributed by atoms with Gasteiger partial charge < -0.3 is 10.4 Å². The number of hydrogen-bond acceptors (Lipinski definition) is 3. The fourth-order valence-corrected chi connectivity index (χ4v) is 1.37. The number of amides is 1. The molecule has 0 fully saturated rings. The first kappa shape index (κ1) is 12.7. The third-order valence-corrected chi connectivity index (χ3v) is 2.37. The standard InChI is InChI=1S/C11H19N3O2/c1-3-10(15)4-5-12-11(16)7-9-6-8(2)13-14-9/h6,10,15H,3-5,7H2,1-2H3,(H,12,16)(H,13,14). The summed E-state index contributed by atoms with van der Waals surface area (Å²) in [4.78, 5) is 11.4. The van der Waals surface area contributed by atoms with Crippen molar-refractivity contribution in [1.82, 2.24) is 15.5 Å². The number of nitrogens with zero attached hydrogens (tertiary/aromatic N) is 1. The number of aromatic nitrogens is 2. The Hall–Kier alpha value is -1.36. The van der Waals surface area contributed by atoms with Crippen LogP contribution in [0.4, 0.5) is 0 Å². The zero-order valence-electron chi connectivity index (χ0n) is 9.79. The maximum Gasteiger partial charge on any atom is 0.226 e. The molecule has 16 heavy (non-hydrogen) atoms. The average Bonchev–Trinajstić information content (AvgIpc) is 2.63. The zero-order chi connectivity index (χ0) is 12.0. The Morgan fingerprint density at radius 1 is 1.69 bits per heavy atom. The van der Waals surface area contributed by atoms with Gasteiger partial charge in [-0.15, -0.1) is 0 Å². The fraction of sp³-hybridized carbons (Fsp3) is 0.636. The predicted molar refractivity (Wildman–Crippen MR) is 61.0 cm³/mol. The molecule has 0 aliphatic heterocycles. The van der Waals surface area contributed by atoms with Gasteiger partial charge in [-0.05, 0) is 25.8 Å². The number of rotatable bonds is 6. The van der Waals surface area contributed by atoms with E-state index in [1.807, 2.05) is 19.9 Å². The van der Waals surface area contributed by atoms with Gasteiger partial charge in [-0.3, -0.25) is 9.89 Å². The van der Waals surface area contributed by atoms with E-state index in [4.69, 9.17) is 0 Å². The molecule has 0 saturated heterocycles. The molecule has 0 spiro atoms. The van der Waals surface area contributed by atoms with E-state index in [1.165, 1.54) is 0 Å². The van der Waals surface area contributed by atoms with Gasteiger partial charge in [0.25, 0.3) is 0 Å². The Bertz CT molecular complexity index is 336. The molecule has 5 nitrogen and oxygen atoms in total. The van der Waals surface area contributed by atoms with Crippen LogP contribution >= 0.6 is 0 Å². The van der Waals surface area contributed by atoms with Crippen molar-refractivity contribution in [2.45, 2.75) is 39.2 Å². The number of carbonyl (C=O) groups excluding carboxylic acids is 1. The first-order valence-corrected chi connectivity index (χ1v) is 5.57. The molecular weight excluding hydrogens is 206 g/mol. The van der Waals surface area contributed by atoms with E-state index in [2.05, 4.69) is 15.5 Å². The molecule has 1 heterocycles. The third kappa shape index (κ3) is 4.44. The molecule has 1 unspecified atom stereocenters. The number of aromatic amines is 1. The summed E-state index contributed by atoms with van der Waals surface area (Å²) in [7, 11) is 0. The Balaban J connectivity index is 2.21. The van der Waals surface area contributed by atoms with Gasteiger partial charge in [-0.2, -0.15) is 5.10 Å². The van der Waals surface area contributed by atoms with Crippen molar-refractivity contribution in [1.29, 1.82) is 0 Å². The van der Waals surface area contributed by atoms with Crippen molar-refractivity contribution in [2.24, 2.45) is 0 Å². The number of aliphatic hydroxyl groups is 1. The van der Waals surface area contributed by atoms with Crippen LogP contribution in [0.15, 0.2) is 6.07 Å². The average molecular weight is 225 g/mol. The lowest BCUT2D eigenvalue weighted by atomic mass is 10.2. The number of hydrogen-bond donors (Lipinski definition) is 3. The van der Waals surface area contributed by atoms with Gasteiger partial charge in [0.15, 0.2) is 0 Å². The van der Waals surface area contributed by atoms with Gasteiger partial charge >= 0.3 is 0 Å². The SMILES string of the molecule is CCC(O)CCNC(=O)Cc1cc(C)[nH]n1. The number of aryl methyl sites for hydroxylation is 1. The van der Waals surface area contributed by atoms with Crippen molar-refractivity contribution in [3.63, 3.8) is 0 Å². The zero-order valence-corrected chi connectivity index (χ0v) is 9.79. The molecule has 90 valence electrons. The lowest BCUT2D eigenvalue weighted by molar-refractivity contribution is -0.120. The first-order chi connectivity index (χ1) is 7.61. The van der Waals surface area contributed by atoms with E-state index >= 15 is 0 Å². The Kier molecular flexibility index (Phi) is 4.98. The van der Waals surface area contributed by atoms with Crippen LogP contribution in [0.5, 0.6) is 0 Å². The molecule has 0 aliphatic carbocycles. The van der Waals surface area contributed by atoms with Crippen molar-refractivity contribution in [3.8, 4) is 0 Å². The number of carbonyl (C=O) groups is 1. The lowest BCUT2D eigenvalue weighted by Crippen LogP contribution is -2.28. The molecule has 0 radical (unpaired) electrons.